The van der Waals surface area contributed by atoms with Crippen molar-refractivity contribution in [2.45, 2.75) is 26.7 Å². The van der Waals surface area contributed by atoms with Crippen molar-refractivity contribution in [2.75, 3.05) is 26.2 Å². The highest BCUT2D eigenvalue weighted by Gasteiger charge is 2.40. The van der Waals surface area contributed by atoms with Crippen LogP contribution in [0.5, 0.6) is 0 Å². The first kappa shape index (κ1) is 25.9. The van der Waals surface area contributed by atoms with E-state index in [9.17, 15) is 0 Å². The molecule has 6 heterocycles. The van der Waals surface area contributed by atoms with Gasteiger partial charge in [0.1, 0.15) is 0 Å². The van der Waals surface area contributed by atoms with Crippen molar-refractivity contribution in [3.63, 3.8) is 0 Å². The van der Waals surface area contributed by atoms with E-state index in [4.69, 9.17) is 0 Å². The highest BCUT2D eigenvalue weighted by Crippen LogP contribution is 2.53. The molecule has 1 aliphatic carbocycles. The molecule has 0 radical (unpaired) electrons. The van der Waals surface area contributed by atoms with Crippen molar-refractivity contribution >= 4 is 88.1 Å². The zero-order valence-electron chi connectivity index (χ0n) is 23.1. The standard InChI is InChI=1S/C17H16N2S2.C16H14N2S2/c1-10-2-5-13-12(8-10)9-14(20-13)15-16(11-3-4-11)21-17-18-6-7-19(15)17;1-3-12-15(18-7-6-17-16(18)20-12)14-9-11-8-10(2)4-5-13(11)19-14/h2,5,8-9,11H,3-4,6-7H2,1H3;3-5,8-9H,1,6-7H2,2H3. The first-order valence-electron chi connectivity index (χ1n) is 14.2. The number of hydrogen-bond acceptors (Lipinski definition) is 8. The number of aliphatic imine (C=N–C) groups is 2. The van der Waals surface area contributed by atoms with Crippen LogP contribution >= 0.6 is 46.2 Å². The number of hydrogen-bond donors (Lipinski definition) is 0. The van der Waals surface area contributed by atoms with Crippen LogP contribution in [0.15, 0.2) is 81.0 Å². The van der Waals surface area contributed by atoms with Gasteiger partial charge in [-0.2, -0.15) is 0 Å². The molecule has 0 spiro atoms. The number of thiophene rings is 2. The number of benzene rings is 2. The van der Waals surface area contributed by atoms with Gasteiger partial charge in [0, 0.05) is 32.3 Å². The van der Waals surface area contributed by atoms with Crippen LogP contribution in [0.2, 0.25) is 0 Å². The Morgan fingerprint density at radius 2 is 1.32 bits per heavy atom. The number of rotatable bonds is 4. The fraction of sp³-hybridized carbons (Fsp3) is 0.273. The summed E-state index contributed by atoms with van der Waals surface area (Å²) >= 11 is 7.46. The van der Waals surface area contributed by atoms with Gasteiger partial charge in [-0.05, 0) is 79.4 Å². The molecule has 206 valence electrons. The first-order chi connectivity index (χ1) is 20.1. The van der Waals surface area contributed by atoms with Crippen LogP contribution in [-0.2, 0) is 0 Å². The number of aryl methyl sites for hydroxylation is 2. The minimum atomic E-state index is 0.797. The van der Waals surface area contributed by atoms with Gasteiger partial charge in [0.15, 0.2) is 10.3 Å². The van der Waals surface area contributed by atoms with Crippen LogP contribution in [0.1, 0.15) is 33.7 Å². The summed E-state index contributed by atoms with van der Waals surface area (Å²) < 4.78 is 2.74. The Balaban J connectivity index is 0.000000125. The summed E-state index contributed by atoms with van der Waals surface area (Å²) in [5.74, 6) is 0.797. The van der Waals surface area contributed by atoms with Crippen molar-refractivity contribution in [1.82, 2.24) is 9.80 Å². The Bertz CT molecular complexity index is 1870. The Labute approximate surface area is 257 Å². The number of fused-ring (bicyclic) bond motifs is 4. The summed E-state index contributed by atoms with van der Waals surface area (Å²) in [5, 5.41) is 5.08. The lowest BCUT2D eigenvalue weighted by atomic mass is 10.1. The van der Waals surface area contributed by atoms with Gasteiger partial charge in [-0.25, -0.2) is 0 Å². The maximum Gasteiger partial charge on any atom is 0.168 e. The molecule has 0 saturated heterocycles. The molecule has 1 saturated carbocycles. The molecular weight excluding hydrogens is 581 g/mol. The minimum Gasteiger partial charge on any atom is -0.317 e. The van der Waals surface area contributed by atoms with Crippen LogP contribution in [0, 0.1) is 19.8 Å². The van der Waals surface area contributed by atoms with E-state index in [0.717, 1.165) is 37.3 Å². The molecule has 0 N–H and O–H groups in total. The third kappa shape index (κ3) is 4.60. The lowest BCUT2D eigenvalue weighted by molar-refractivity contribution is 0.647. The van der Waals surface area contributed by atoms with Gasteiger partial charge in [0.25, 0.3) is 0 Å². The van der Waals surface area contributed by atoms with Crippen LogP contribution in [-0.4, -0.2) is 46.3 Å². The number of amidine groups is 2. The second kappa shape index (κ2) is 10.2. The molecule has 2 aromatic carbocycles. The fourth-order valence-corrected chi connectivity index (χ4v) is 10.6. The van der Waals surface area contributed by atoms with Crippen molar-refractivity contribution in [1.29, 1.82) is 0 Å². The molecule has 1 fully saturated rings. The first-order valence-corrected chi connectivity index (χ1v) is 17.4. The van der Waals surface area contributed by atoms with Gasteiger partial charge in [-0.1, -0.05) is 59.8 Å². The maximum atomic E-state index is 4.67. The van der Waals surface area contributed by atoms with Crippen LogP contribution in [0.25, 0.3) is 31.6 Å². The average Bonchev–Trinajstić information content (AvgIpc) is 3.50. The van der Waals surface area contributed by atoms with Gasteiger partial charge in [-0.15, -0.1) is 22.7 Å². The quantitative estimate of drug-likeness (QED) is 0.231. The van der Waals surface area contributed by atoms with Crippen molar-refractivity contribution in [2.24, 2.45) is 15.9 Å². The van der Waals surface area contributed by atoms with E-state index in [0.29, 0.717) is 0 Å². The minimum absolute atomic E-state index is 0.797. The molecule has 2 aromatic heterocycles. The van der Waals surface area contributed by atoms with E-state index < -0.39 is 0 Å². The van der Waals surface area contributed by atoms with Gasteiger partial charge in [0.2, 0.25) is 0 Å². The highest BCUT2D eigenvalue weighted by atomic mass is 32.2. The Morgan fingerprint density at radius 1 is 0.756 bits per heavy atom. The summed E-state index contributed by atoms with van der Waals surface area (Å²) in [4.78, 5) is 19.6. The third-order valence-electron chi connectivity index (χ3n) is 7.96. The molecule has 5 aliphatic rings. The van der Waals surface area contributed by atoms with Crippen molar-refractivity contribution in [3.05, 3.63) is 91.9 Å². The predicted octanol–water partition coefficient (Wildman–Crippen LogP) is 9.19. The lowest BCUT2D eigenvalue weighted by Gasteiger charge is -2.15. The highest BCUT2D eigenvalue weighted by molar-refractivity contribution is 8.18. The topological polar surface area (TPSA) is 31.2 Å². The molecule has 8 heteroatoms. The molecule has 0 atom stereocenters. The smallest absolute Gasteiger partial charge is 0.168 e. The van der Waals surface area contributed by atoms with Crippen LogP contribution < -0.4 is 0 Å². The maximum absolute atomic E-state index is 4.67. The van der Waals surface area contributed by atoms with E-state index >= 15 is 0 Å². The molecule has 0 bridgehead atoms. The van der Waals surface area contributed by atoms with Gasteiger partial charge in [0.05, 0.1) is 34.2 Å². The monoisotopic (exact) mass is 610 g/mol. The van der Waals surface area contributed by atoms with E-state index in [1.807, 2.05) is 40.5 Å². The second-order valence-corrected chi connectivity index (χ2v) is 15.2. The van der Waals surface area contributed by atoms with E-state index in [1.54, 1.807) is 16.7 Å². The summed E-state index contributed by atoms with van der Waals surface area (Å²) in [7, 11) is 0. The van der Waals surface area contributed by atoms with Gasteiger partial charge in [-0.3, -0.25) is 9.98 Å². The summed E-state index contributed by atoms with van der Waals surface area (Å²) in [6.07, 6.45) is 4.67. The van der Waals surface area contributed by atoms with Gasteiger partial charge < -0.3 is 9.80 Å². The largest absolute Gasteiger partial charge is 0.317 e. The van der Waals surface area contributed by atoms with Gasteiger partial charge >= 0.3 is 0 Å². The van der Waals surface area contributed by atoms with Crippen molar-refractivity contribution < 1.29 is 0 Å². The molecule has 0 amide bonds. The molecule has 4 aliphatic heterocycles. The SMILES string of the molecule is C=CC1=C(c2cc3cc(C)ccc3s2)N2CCN=C2S1.Cc1ccc2sc(C3=C(C4CC4)SC4=NCCN43)cc2c1. The molecule has 41 heavy (non-hydrogen) atoms. The molecule has 4 aromatic rings. The number of thioether (sulfide) groups is 2. The Hall–Kier alpha value is -2.78. The molecule has 0 unspecified atom stereocenters. The number of allylic oxidation sites excluding steroid dienone is 2. The molecule has 4 nitrogen and oxygen atoms in total. The molecular formula is C33H30N4S4. The summed E-state index contributed by atoms with van der Waals surface area (Å²) in [6, 6.07) is 18.1. The van der Waals surface area contributed by atoms with E-state index in [2.05, 4.69) is 88.7 Å². The zero-order valence-corrected chi connectivity index (χ0v) is 26.4. The van der Waals surface area contributed by atoms with Crippen molar-refractivity contribution in [3.8, 4) is 0 Å². The van der Waals surface area contributed by atoms with Crippen LogP contribution in [0.4, 0.5) is 0 Å². The number of nitrogens with zero attached hydrogens (tertiary/aromatic N) is 4. The second-order valence-electron chi connectivity index (χ2n) is 11.0. The summed E-state index contributed by atoms with van der Waals surface area (Å²) in [6.45, 7) is 12.2. The van der Waals surface area contributed by atoms with E-state index in [1.165, 1.54) is 75.4 Å². The predicted molar refractivity (Wildman–Crippen MR) is 183 cm³/mol. The fourth-order valence-electron chi connectivity index (χ4n) is 5.83. The normalized spacial score (nSPS) is 19.7. The van der Waals surface area contributed by atoms with E-state index in [-0.39, 0.29) is 0 Å². The lowest BCUT2D eigenvalue weighted by Crippen LogP contribution is -2.19. The average molecular weight is 611 g/mol. The summed E-state index contributed by atoms with van der Waals surface area (Å²) in [5.41, 5.74) is 5.41. The third-order valence-corrected chi connectivity index (χ3v) is 12.6. The Morgan fingerprint density at radius 3 is 1.90 bits per heavy atom. The zero-order chi connectivity index (χ0) is 27.7. The van der Waals surface area contributed by atoms with Crippen LogP contribution in [0.3, 0.4) is 0 Å². The molecule has 9 rings (SSSR count). The Kier molecular flexibility index (Phi) is 6.44.